The SMILES string of the molecule is CCN(C(=O)CN)[C@@H]1CCN(C(=O)OCc2ccccc2)C1. The van der Waals surface area contributed by atoms with Gasteiger partial charge in [0.2, 0.25) is 5.91 Å². The summed E-state index contributed by atoms with van der Waals surface area (Å²) in [6, 6.07) is 9.60. The summed E-state index contributed by atoms with van der Waals surface area (Å²) in [6.07, 6.45) is 0.433. The number of carbonyl (C=O) groups excluding carboxylic acids is 2. The minimum atomic E-state index is -0.331. The maximum atomic E-state index is 12.1. The molecule has 1 aromatic carbocycles. The second kappa shape index (κ2) is 7.79. The van der Waals surface area contributed by atoms with Crippen LogP contribution in [0.5, 0.6) is 0 Å². The lowest BCUT2D eigenvalue weighted by molar-refractivity contribution is -0.131. The third-order valence-electron chi connectivity index (χ3n) is 3.90. The van der Waals surface area contributed by atoms with Crippen molar-refractivity contribution in [3.8, 4) is 0 Å². The molecule has 1 saturated heterocycles. The van der Waals surface area contributed by atoms with Gasteiger partial charge in [0, 0.05) is 19.6 Å². The smallest absolute Gasteiger partial charge is 0.410 e. The number of likely N-dealkylation sites (tertiary alicyclic amines) is 1. The molecular weight excluding hydrogens is 282 g/mol. The van der Waals surface area contributed by atoms with E-state index in [9.17, 15) is 9.59 Å². The fourth-order valence-electron chi connectivity index (χ4n) is 2.73. The van der Waals surface area contributed by atoms with E-state index in [-0.39, 0.29) is 31.2 Å². The Morgan fingerprint density at radius 3 is 2.73 bits per heavy atom. The Morgan fingerprint density at radius 1 is 1.36 bits per heavy atom. The van der Waals surface area contributed by atoms with E-state index in [1.54, 1.807) is 9.80 Å². The van der Waals surface area contributed by atoms with Gasteiger partial charge in [-0.15, -0.1) is 0 Å². The van der Waals surface area contributed by atoms with Crippen LogP contribution in [0, 0.1) is 0 Å². The van der Waals surface area contributed by atoms with E-state index >= 15 is 0 Å². The number of hydrogen-bond acceptors (Lipinski definition) is 4. The van der Waals surface area contributed by atoms with Crippen LogP contribution in [-0.4, -0.2) is 54.0 Å². The topological polar surface area (TPSA) is 75.9 Å². The van der Waals surface area contributed by atoms with Crippen LogP contribution < -0.4 is 5.73 Å². The molecule has 0 aromatic heterocycles. The first-order chi connectivity index (χ1) is 10.7. The maximum Gasteiger partial charge on any atom is 0.410 e. The van der Waals surface area contributed by atoms with Gasteiger partial charge in [-0.25, -0.2) is 4.79 Å². The number of rotatable bonds is 5. The van der Waals surface area contributed by atoms with Gasteiger partial charge in [0.25, 0.3) is 0 Å². The highest BCUT2D eigenvalue weighted by Crippen LogP contribution is 2.17. The fraction of sp³-hybridized carbons (Fsp3) is 0.500. The molecule has 120 valence electrons. The second-order valence-corrected chi connectivity index (χ2v) is 5.31. The monoisotopic (exact) mass is 305 g/mol. The number of likely N-dealkylation sites (N-methyl/N-ethyl adjacent to an activating group) is 1. The zero-order valence-corrected chi connectivity index (χ0v) is 12.9. The van der Waals surface area contributed by atoms with Gasteiger partial charge in [-0.05, 0) is 18.9 Å². The summed E-state index contributed by atoms with van der Waals surface area (Å²) in [5.74, 6) is -0.0768. The van der Waals surface area contributed by atoms with E-state index in [1.807, 2.05) is 37.3 Å². The highest BCUT2D eigenvalue weighted by atomic mass is 16.6. The third-order valence-corrected chi connectivity index (χ3v) is 3.90. The van der Waals surface area contributed by atoms with E-state index in [0.717, 1.165) is 12.0 Å². The van der Waals surface area contributed by atoms with Crippen molar-refractivity contribution in [1.29, 1.82) is 0 Å². The number of benzene rings is 1. The van der Waals surface area contributed by atoms with Crippen LogP contribution >= 0.6 is 0 Å². The van der Waals surface area contributed by atoms with Crippen LogP contribution in [0.4, 0.5) is 4.79 Å². The summed E-state index contributed by atoms with van der Waals surface area (Å²) in [4.78, 5) is 27.3. The lowest BCUT2D eigenvalue weighted by Gasteiger charge is -2.27. The predicted octanol–water partition coefficient (Wildman–Crippen LogP) is 1.20. The number of amides is 2. The molecule has 1 atom stereocenters. The predicted molar refractivity (Wildman–Crippen MR) is 83.0 cm³/mol. The number of nitrogens with two attached hydrogens (primary N) is 1. The standard InChI is InChI=1S/C16H23N3O3/c1-2-19(15(20)10-17)14-8-9-18(11-14)16(21)22-12-13-6-4-3-5-7-13/h3-7,14H,2,8-12,17H2,1H3/t14-/m1/s1. The first-order valence-electron chi connectivity index (χ1n) is 7.60. The summed E-state index contributed by atoms with van der Waals surface area (Å²) in [7, 11) is 0. The molecule has 22 heavy (non-hydrogen) atoms. The van der Waals surface area contributed by atoms with E-state index in [1.165, 1.54) is 0 Å². The Hall–Kier alpha value is -2.08. The largest absolute Gasteiger partial charge is 0.445 e. The average Bonchev–Trinajstić information content (AvgIpc) is 3.03. The fourth-order valence-corrected chi connectivity index (χ4v) is 2.73. The molecule has 6 nitrogen and oxygen atoms in total. The molecule has 0 unspecified atom stereocenters. The van der Waals surface area contributed by atoms with Crippen molar-refractivity contribution >= 4 is 12.0 Å². The number of carbonyl (C=O) groups is 2. The number of ether oxygens (including phenoxy) is 1. The highest BCUT2D eigenvalue weighted by Gasteiger charge is 2.32. The molecule has 0 saturated carbocycles. The zero-order chi connectivity index (χ0) is 15.9. The van der Waals surface area contributed by atoms with E-state index in [2.05, 4.69) is 0 Å². The van der Waals surface area contributed by atoms with Crippen molar-refractivity contribution in [3.05, 3.63) is 35.9 Å². The molecule has 2 N–H and O–H groups in total. The van der Waals surface area contributed by atoms with Crippen LogP contribution in [0.1, 0.15) is 18.9 Å². The van der Waals surface area contributed by atoms with Crippen molar-refractivity contribution < 1.29 is 14.3 Å². The van der Waals surface area contributed by atoms with Crippen molar-refractivity contribution in [2.75, 3.05) is 26.2 Å². The van der Waals surface area contributed by atoms with Gasteiger partial charge in [0.05, 0.1) is 12.6 Å². The van der Waals surface area contributed by atoms with Gasteiger partial charge in [-0.1, -0.05) is 30.3 Å². The first-order valence-corrected chi connectivity index (χ1v) is 7.60. The Balaban J connectivity index is 1.84. The molecule has 0 bridgehead atoms. The number of hydrogen-bond donors (Lipinski definition) is 1. The third kappa shape index (κ3) is 3.98. The molecule has 1 fully saturated rings. The summed E-state index contributed by atoms with van der Waals surface area (Å²) < 4.78 is 5.32. The molecule has 6 heteroatoms. The van der Waals surface area contributed by atoms with Crippen LogP contribution in [0.15, 0.2) is 30.3 Å². The first kappa shape index (κ1) is 16.3. The molecule has 1 aliphatic rings. The maximum absolute atomic E-state index is 12.1. The summed E-state index contributed by atoms with van der Waals surface area (Å²) in [5.41, 5.74) is 6.38. The van der Waals surface area contributed by atoms with Gasteiger partial charge in [0.1, 0.15) is 6.61 Å². The van der Waals surface area contributed by atoms with Gasteiger partial charge >= 0.3 is 6.09 Å². The van der Waals surface area contributed by atoms with E-state index in [0.29, 0.717) is 19.6 Å². The normalized spacial score (nSPS) is 17.4. The van der Waals surface area contributed by atoms with Gasteiger partial charge < -0.3 is 20.3 Å². The van der Waals surface area contributed by atoms with Crippen molar-refractivity contribution in [2.45, 2.75) is 26.0 Å². The van der Waals surface area contributed by atoms with Crippen molar-refractivity contribution in [2.24, 2.45) is 5.73 Å². The van der Waals surface area contributed by atoms with Crippen molar-refractivity contribution in [1.82, 2.24) is 9.80 Å². The average molecular weight is 305 g/mol. The Labute approximate surface area is 130 Å². The second-order valence-electron chi connectivity index (χ2n) is 5.31. The zero-order valence-electron chi connectivity index (χ0n) is 12.9. The lowest BCUT2D eigenvalue weighted by atomic mass is 10.2. The minimum Gasteiger partial charge on any atom is -0.445 e. The number of nitrogens with zero attached hydrogens (tertiary/aromatic N) is 2. The molecule has 1 aliphatic heterocycles. The Bertz CT molecular complexity index is 507. The highest BCUT2D eigenvalue weighted by molar-refractivity contribution is 5.78. The quantitative estimate of drug-likeness (QED) is 0.887. The summed E-state index contributed by atoms with van der Waals surface area (Å²) >= 11 is 0. The molecule has 2 amide bonds. The Kier molecular flexibility index (Phi) is 5.77. The molecule has 0 aliphatic carbocycles. The van der Waals surface area contributed by atoms with Crippen LogP contribution in [0.25, 0.3) is 0 Å². The molecule has 2 rings (SSSR count). The van der Waals surface area contributed by atoms with Crippen LogP contribution in [-0.2, 0) is 16.1 Å². The van der Waals surface area contributed by atoms with Gasteiger partial charge in [-0.3, -0.25) is 4.79 Å². The lowest BCUT2D eigenvalue weighted by Crippen LogP contribution is -2.45. The summed E-state index contributed by atoms with van der Waals surface area (Å²) in [5, 5.41) is 0. The van der Waals surface area contributed by atoms with E-state index in [4.69, 9.17) is 10.5 Å². The molecule has 0 spiro atoms. The minimum absolute atomic E-state index is 0.00277. The Morgan fingerprint density at radius 2 is 2.09 bits per heavy atom. The molecule has 1 aromatic rings. The van der Waals surface area contributed by atoms with Gasteiger partial charge in [0.15, 0.2) is 0 Å². The van der Waals surface area contributed by atoms with E-state index < -0.39 is 0 Å². The molecular formula is C16H23N3O3. The van der Waals surface area contributed by atoms with Gasteiger partial charge in [-0.2, -0.15) is 0 Å². The van der Waals surface area contributed by atoms with Crippen LogP contribution in [0.3, 0.4) is 0 Å². The summed E-state index contributed by atoms with van der Waals surface area (Å²) in [6.45, 7) is 3.90. The molecule has 0 radical (unpaired) electrons. The van der Waals surface area contributed by atoms with Crippen LogP contribution in [0.2, 0.25) is 0 Å². The molecule has 1 heterocycles. The van der Waals surface area contributed by atoms with Crippen molar-refractivity contribution in [3.63, 3.8) is 0 Å².